The van der Waals surface area contributed by atoms with Crippen molar-refractivity contribution in [3.05, 3.63) is 0 Å². The summed E-state index contributed by atoms with van der Waals surface area (Å²) in [6.45, 7) is -3.50. The molecule has 0 heterocycles. The first kappa shape index (κ1) is 56.0. The summed E-state index contributed by atoms with van der Waals surface area (Å²) < 4.78 is 0. The van der Waals surface area contributed by atoms with Crippen LogP contribution in [0.2, 0.25) is 0 Å². The largest absolute Gasteiger partial charge is 1.00 e. The van der Waals surface area contributed by atoms with Gasteiger partial charge in [0.15, 0.2) is 0 Å². The van der Waals surface area contributed by atoms with Crippen LogP contribution in [0.15, 0.2) is 0 Å². The Balaban J connectivity index is -0.000000150. The van der Waals surface area contributed by atoms with Gasteiger partial charge < -0.3 is 62.5 Å². The van der Waals surface area contributed by atoms with Crippen molar-refractivity contribution in [2.75, 3.05) is 78.5 Å². The van der Waals surface area contributed by atoms with Crippen LogP contribution in [-0.4, -0.2) is 146 Å². The second-order valence-corrected chi connectivity index (χ2v) is 8.20. The fraction of sp³-hybridized carbons (Fsp3) is 0.600. The van der Waals surface area contributed by atoms with E-state index in [1.165, 1.54) is 9.80 Å². The first-order valence-electron chi connectivity index (χ1n) is 11.2. The van der Waals surface area contributed by atoms with Crippen molar-refractivity contribution in [1.29, 1.82) is 0 Å². The summed E-state index contributed by atoms with van der Waals surface area (Å²) in [6, 6.07) is 0. The molecule has 24 heteroatoms. The molecule has 0 bridgehead atoms. The number of primary amides is 4. The second kappa shape index (κ2) is 32.5. The summed E-state index contributed by atoms with van der Waals surface area (Å²) in [5.41, 5.74) is 20.2. The normalized spacial score (nSPS) is 9.73. The van der Waals surface area contributed by atoms with Crippen LogP contribution in [0, 0.1) is 0 Å². The van der Waals surface area contributed by atoms with Gasteiger partial charge in [-0.2, -0.15) is 0 Å². The Labute approximate surface area is 341 Å². The number of rotatable bonds is 22. The first-order valence-corrected chi connectivity index (χ1v) is 11.2. The van der Waals surface area contributed by atoms with Gasteiger partial charge in [-0.25, -0.2) is 0 Å². The van der Waals surface area contributed by atoms with Crippen LogP contribution in [0.1, 0.15) is 0 Å². The van der Waals surface area contributed by atoms with E-state index < -0.39 is 73.7 Å². The number of aliphatic carboxylic acids is 4. The van der Waals surface area contributed by atoms with Gasteiger partial charge in [-0.05, 0) is 0 Å². The molecule has 0 atom stereocenters. The van der Waals surface area contributed by atoms with E-state index in [9.17, 15) is 58.8 Å². The standard InChI is InChI=1S/C10H20N6O4.C10H16N2O8.4Na/c11-7(17)3-15(4-8(12)18)1-2-16(5-9(13)19)6-10(14)20;13-7(14)3-11(4-8(15)16)1-2-12(5-9(17)18)6-10(19)20;;;;/h1-6H2,(H2,11,17)(H2,12,18)(H2,13,19)(H2,14,20);1-6H2,(H,13,14)(H,15,16)(H,17,18)(H,19,20);;;;/q;;4*+1/p-4. The number of nitrogens with zero attached hydrogens (tertiary/aromatic N) is 4. The van der Waals surface area contributed by atoms with Crippen LogP contribution < -0.4 is 162 Å². The average Bonchev–Trinajstić information content (AvgIpc) is 2.72. The number of carboxylic acid groups (broad SMARTS) is 4. The van der Waals surface area contributed by atoms with Crippen LogP contribution in [0.4, 0.5) is 0 Å². The van der Waals surface area contributed by atoms with Crippen molar-refractivity contribution in [3.63, 3.8) is 0 Å². The molecule has 0 aliphatic rings. The zero-order chi connectivity index (χ0) is 31.4. The molecule has 228 valence electrons. The van der Waals surface area contributed by atoms with Gasteiger partial charge in [-0.3, -0.25) is 38.8 Å². The minimum absolute atomic E-state index is 0. The van der Waals surface area contributed by atoms with Crippen LogP contribution in [0.3, 0.4) is 0 Å². The molecule has 0 aromatic heterocycles. The quantitative estimate of drug-likeness (QED) is 0.0778. The third kappa shape index (κ3) is 39.6. The molecule has 0 fully saturated rings. The van der Waals surface area contributed by atoms with E-state index in [0.717, 1.165) is 9.80 Å². The molecule has 0 aromatic rings. The van der Waals surface area contributed by atoms with E-state index in [4.69, 9.17) is 22.9 Å². The van der Waals surface area contributed by atoms with Gasteiger partial charge in [-0.15, -0.1) is 0 Å². The maximum atomic E-state index is 10.9. The van der Waals surface area contributed by atoms with Crippen LogP contribution >= 0.6 is 0 Å². The molecule has 0 aromatic carbocycles. The van der Waals surface area contributed by atoms with Gasteiger partial charge in [-0.1, -0.05) is 0 Å². The summed E-state index contributed by atoms with van der Waals surface area (Å²) in [4.78, 5) is 89.7. The molecule has 8 N–H and O–H groups in total. The molecule has 0 radical (unpaired) electrons. The summed E-state index contributed by atoms with van der Waals surface area (Å²) >= 11 is 0. The topological polar surface area (TPSA) is 346 Å². The van der Waals surface area contributed by atoms with E-state index >= 15 is 0 Å². The van der Waals surface area contributed by atoms with Crippen LogP contribution in [0.5, 0.6) is 0 Å². The number of carbonyl (C=O) groups is 8. The van der Waals surface area contributed by atoms with Gasteiger partial charge >= 0.3 is 118 Å². The summed E-state index contributed by atoms with van der Waals surface area (Å²) in [7, 11) is 0. The number of hydrogen-bond donors (Lipinski definition) is 4. The van der Waals surface area contributed by atoms with Gasteiger partial charge in [0.05, 0.1) is 50.1 Å². The minimum Gasteiger partial charge on any atom is -0.549 e. The molecule has 44 heavy (non-hydrogen) atoms. The van der Waals surface area contributed by atoms with E-state index in [2.05, 4.69) is 0 Å². The SMILES string of the molecule is NC(=O)CN(CCN(CC(N)=O)CC(N)=O)CC(N)=O.O=C([O-])CN(CCN(CC(=O)[O-])CC(=O)[O-])CC(=O)[O-].[Na+].[Na+].[Na+].[Na+]. The molecule has 0 unspecified atom stereocenters. The van der Waals surface area contributed by atoms with E-state index in [0.29, 0.717) is 0 Å². The molecular weight excluding hydrogens is 636 g/mol. The van der Waals surface area contributed by atoms with Crippen molar-refractivity contribution >= 4 is 47.5 Å². The smallest absolute Gasteiger partial charge is 0.549 e. The molecule has 0 aliphatic carbocycles. The second-order valence-electron chi connectivity index (χ2n) is 8.20. The average molecular weight is 668 g/mol. The van der Waals surface area contributed by atoms with E-state index in [1.54, 1.807) is 0 Å². The molecule has 0 saturated heterocycles. The van der Waals surface area contributed by atoms with Crippen molar-refractivity contribution in [1.82, 2.24) is 19.6 Å². The van der Waals surface area contributed by atoms with Gasteiger partial charge in [0.25, 0.3) is 0 Å². The number of hydrogen-bond acceptors (Lipinski definition) is 16. The van der Waals surface area contributed by atoms with Crippen LogP contribution in [0.25, 0.3) is 0 Å². The monoisotopic (exact) mass is 668 g/mol. The first-order chi connectivity index (χ1) is 18.4. The number of nitrogens with two attached hydrogens (primary N) is 4. The Morgan fingerprint density at radius 3 is 0.591 bits per heavy atom. The number of amides is 4. The molecule has 0 spiro atoms. The minimum atomic E-state index is -1.53. The summed E-state index contributed by atoms with van der Waals surface area (Å²) in [5.74, 6) is -8.61. The molecular formula is C20H32N8Na4O12. The predicted molar refractivity (Wildman–Crippen MR) is 123 cm³/mol. The van der Waals surface area contributed by atoms with Crippen molar-refractivity contribution in [3.8, 4) is 0 Å². The third-order valence-corrected chi connectivity index (χ3v) is 4.39. The van der Waals surface area contributed by atoms with Crippen molar-refractivity contribution in [2.24, 2.45) is 22.9 Å². The summed E-state index contributed by atoms with van der Waals surface area (Å²) in [6.07, 6.45) is 0. The molecule has 4 amide bonds. The van der Waals surface area contributed by atoms with E-state index in [1.807, 2.05) is 0 Å². The molecule has 0 rings (SSSR count). The van der Waals surface area contributed by atoms with Gasteiger partial charge in [0.2, 0.25) is 23.6 Å². The maximum absolute atomic E-state index is 10.9. The van der Waals surface area contributed by atoms with Crippen LogP contribution in [-0.2, 0) is 38.4 Å². The molecule has 0 aliphatic heterocycles. The third-order valence-electron chi connectivity index (χ3n) is 4.39. The van der Waals surface area contributed by atoms with Crippen molar-refractivity contribution in [2.45, 2.75) is 0 Å². The zero-order valence-corrected chi connectivity index (χ0v) is 33.5. The Morgan fingerprint density at radius 2 is 0.477 bits per heavy atom. The molecule has 0 saturated carbocycles. The number of carbonyl (C=O) groups excluding carboxylic acids is 8. The molecule has 20 nitrogen and oxygen atoms in total. The number of carboxylic acids is 4. The Kier molecular flexibility index (Phi) is 41.4. The Morgan fingerprint density at radius 1 is 0.341 bits per heavy atom. The fourth-order valence-corrected chi connectivity index (χ4v) is 3.03. The Hall–Kier alpha value is -0.400. The van der Waals surface area contributed by atoms with Crippen molar-refractivity contribution < 1.29 is 177 Å². The van der Waals surface area contributed by atoms with E-state index in [-0.39, 0.29) is 171 Å². The Bertz CT molecular complexity index is 727. The zero-order valence-electron chi connectivity index (χ0n) is 25.5. The van der Waals surface area contributed by atoms with Gasteiger partial charge in [0, 0.05) is 52.4 Å². The van der Waals surface area contributed by atoms with Gasteiger partial charge in [0.1, 0.15) is 0 Å². The predicted octanol–water partition coefficient (Wildman–Crippen LogP) is -23.9. The maximum Gasteiger partial charge on any atom is 1.00 e. The fourth-order valence-electron chi connectivity index (χ4n) is 3.03. The summed E-state index contributed by atoms with van der Waals surface area (Å²) in [5, 5.41) is 41.6.